The van der Waals surface area contributed by atoms with Gasteiger partial charge in [0.25, 0.3) is 11.6 Å². The molecule has 0 heterocycles. The van der Waals surface area contributed by atoms with Gasteiger partial charge in [-0.2, -0.15) is 5.10 Å². The summed E-state index contributed by atoms with van der Waals surface area (Å²) < 4.78 is 6.11. The van der Waals surface area contributed by atoms with Crippen LogP contribution in [0.4, 0.5) is 5.69 Å². The van der Waals surface area contributed by atoms with Gasteiger partial charge in [0.05, 0.1) is 11.1 Å². The molecule has 0 saturated heterocycles. The minimum Gasteiger partial charge on any atom is -0.423 e. The molecule has 10 heteroatoms. The van der Waals surface area contributed by atoms with E-state index in [1.807, 2.05) is 0 Å². The molecule has 0 atom stereocenters. The maximum atomic E-state index is 12.2. The summed E-state index contributed by atoms with van der Waals surface area (Å²) in [6.45, 7) is 0. The van der Waals surface area contributed by atoms with Crippen molar-refractivity contribution < 1.29 is 19.2 Å². The highest BCUT2D eigenvalue weighted by Crippen LogP contribution is 2.23. The van der Waals surface area contributed by atoms with E-state index in [-0.39, 0.29) is 17.0 Å². The molecule has 8 nitrogen and oxygen atoms in total. The molecule has 3 aromatic rings. The third-order valence-electron chi connectivity index (χ3n) is 4.17. The van der Waals surface area contributed by atoms with E-state index < -0.39 is 16.8 Å². The zero-order chi connectivity index (χ0) is 23.8. The number of hydrazone groups is 1. The number of halogens is 2. The zero-order valence-electron chi connectivity index (χ0n) is 16.8. The Labute approximate surface area is 201 Å². The topological polar surface area (TPSA) is 111 Å². The second-order valence-electron chi connectivity index (χ2n) is 6.49. The van der Waals surface area contributed by atoms with E-state index in [0.717, 1.165) is 16.3 Å². The normalized spacial score (nSPS) is 11.0. The van der Waals surface area contributed by atoms with E-state index in [1.54, 1.807) is 48.5 Å². The summed E-state index contributed by atoms with van der Waals surface area (Å²) in [7, 11) is 0. The van der Waals surface area contributed by atoms with Crippen LogP contribution in [0.15, 0.2) is 82.4 Å². The molecule has 0 fully saturated rings. The summed E-state index contributed by atoms with van der Waals surface area (Å²) in [6, 6.07) is 17.1. The van der Waals surface area contributed by atoms with Gasteiger partial charge in [-0.05, 0) is 54.1 Å². The molecule has 0 radical (unpaired) electrons. The van der Waals surface area contributed by atoms with E-state index in [2.05, 4.69) is 26.5 Å². The second-order valence-corrected chi connectivity index (χ2v) is 7.84. The van der Waals surface area contributed by atoms with Crippen molar-refractivity contribution in [2.45, 2.75) is 0 Å². The van der Waals surface area contributed by atoms with Crippen molar-refractivity contribution in [2.75, 3.05) is 0 Å². The summed E-state index contributed by atoms with van der Waals surface area (Å²) in [5, 5.41) is 15.5. The number of benzene rings is 3. The molecule has 0 aliphatic rings. The lowest BCUT2D eigenvalue weighted by Gasteiger charge is -2.06. The van der Waals surface area contributed by atoms with Crippen LogP contribution >= 0.6 is 27.5 Å². The van der Waals surface area contributed by atoms with Crippen molar-refractivity contribution in [3.8, 4) is 5.75 Å². The van der Waals surface area contributed by atoms with Gasteiger partial charge in [0.15, 0.2) is 0 Å². The molecule has 0 spiro atoms. The van der Waals surface area contributed by atoms with Gasteiger partial charge in [-0.1, -0.05) is 39.7 Å². The fraction of sp³-hybridized carbons (Fsp3) is 0. The summed E-state index contributed by atoms with van der Waals surface area (Å²) in [5.41, 5.74) is 3.33. The molecule has 166 valence electrons. The van der Waals surface area contributed by atoms with Gasteiger partial charge in [-0.25, -0.2) is 10.2 Å². The highest BCUT2D eigenvalue weighted by Gasteiger charge is 2.13. The number of nitrogens with one attached hydrogen (secondary N) is 1. The molecule has 0 aliphatic carbocycles. The van der Waals surface area contributed by atoms with Crippen LogP contribution < -0.4 is 10.2 Å². The molecular formula is C23H15BrClN3O5. The minimum atomic E-state index is -0.702. The first-order valence-electron chi connectivity index (χ1n) is 9.35. The Morgan fingerprint density at radius 2 is 1.76 bits per heavy atom. The lowest BCUT2D eigenvalue weighted by atomic mass is 10.2. The van der Waals surface area contributed by atoms with Crippen molar-refractivity contribution in [2.24, 2.45) is 5.10 Å². The molecule has 0 aliphatic heterocycles. The molecule has 0 unspecified atom stereocenters. The third-order valence-corrected chi connectivity index (χ3v) is 4.95. The molecule has 0 aromatic heterocycles. The highest BCUT2D eigenvalue weighted by atomic mass is 79.9. The first-order chi connectivity index (χ1) is 15.8. The Balaban J connectivity index is 1.74. The van der Waals surface area contributed by atoms with Crippen molar-refractivity contribution in [3.05, 3.63) is 109 Å². The van der Waals surface area contributed by atoms with Crippen LogP contribution in [0.1, 0.15) is 21.5 Å². The third kappa shape index (κ3) is 7.09. The molecule has 3 aromatic carbocycles. The van der Waals surface area contributed by atoms with Crippen LogP contribution in [0, 0.1) is 10.1 Å². The molecule has 1 amide bonds. The maximum Gasteiger partial charge on any atom is 0.336 e. The number of carbonyl (C=O) groups is 2. The first kappa shape index (κ1) is 23.8. The number of ether oxygens (including phenoxy) is 1. The van der Waals surface area contributed by atoms with Crippen LogP contribution in [0.5, 0.6) is 5.75 Å². The largest absolute Gasteiger partial charge is 0.423 e. The molecule has 33 heavy (non-hydrogen) atoms. The number of hydrogen-bond donors (Lipinski definition) is 1. The number of carbonyl (C=O) groups excluding carboxylic acids is 2. The first-order valence-corrected chi connectivity index (χ1v) is 10.5. The van der Waals surface area contributed by atoms with E-state index in [0.29, 0.717) is 10.6 Å². The number of nitro groups is 1. The van der Waals surface area contributed by atoms with E-state index in [1.165, 1.54) is 30.4 Å². The minimum absolute atomic E-state index is 0.0352. The molecular weight excluding hydrogens is 514 g/mol. The number of non-ortho nitro benzene ring substituents is 1. The number of nitrogens with zero attached hydrogens (tertiary/aromatic N) is 2. The maximum absolute atomic E-state index is 12.2. The fourth-order valence-corrected chi connectivity index (χ4v) is 2.94. The lowest BCUT2D eigenvalue weighted by Crippen LogP contribution is -2.17. The number of nitro benzene ring substituents is 1. The van der Waals surface area contributed by atoms with Crippen LogP contribution in [0.3, 0.4) is 0 Å². The summed E-state index contributed by atoms with van der Waals surface area (Å²) in [6.07, 6.45) is 3.91. The fourth-order valence-electron chi connectivity index (χ4n) is 2.55. The van der Waals surface area contributed by atoms with Gasteiger partial charge in [-0.15, -0.1) is 0 Å². The van der Waals surface area contributed by atoms with Gasteiger partial charge in [0.2, 0.25) is 0 Å². The van der Waals surface area contributed by atoms with Crippen molar-refractivity contribution in [3.63, 3.8) is 0 Å². The van der Waals surface area contributed by atoms with Gasteiger partial charge in [0.1, 0.15) is 5.75 Å². The van der Waals surface area contributed by atoms with E-state index >= 15 is 0 Å². The van der Waals surface area contributed by atoms with Crippen molar-refractivity contribution in [1.29, 1.82) is 0 Å². The molecule has 0 saturated carbocycles. The van der Waals surface area contributed by atoms with Crippen LogP contribution in [0.25, 0.3) is 6.08 Å². The van der Waals surface area contributed by atoms with Gasteiger partial charge < -0.3 is 4.74 Å². The van der Waals surface area contributed by atoms with Crippen LogP contribution in [-0.2, 0) is 4.79 Å². The molecule has 1 N–H and O–H groups in total. The highest BCUT2D eigenvalue weighted by molar-refractivity contribution is 9.10. The summed E-state index contributed by atoms with van der Waals surface area (Å²) >= 11 is 9.12. The van der Waals surface area contributed by atoms with Crippen molar-refractivity contribution in [1.82, 2.24) is 5.43 Å². The smallest absolute Gasteiger partial charge is 0.336 e. The Hall–Kier alpha value is -3.82. The standard InChI is InChI=1S/C23H15BrClN3O5/c24-18-6-4-16(5-7-18)23(30)27-26-14-17-13-20(28(31)32)10-11-21(17)33-22(29)12-3-15-1-8-19(25)9-2-15/h1-14H,(H,27,30)/b12-3+,26-14+. The Bertz CT molecular complexity index is 1240. The Morgan fingerprint density at radius 3 is 2.42 bits per heavy atom. The molecule has 3 rings (SSSR count). The van der Waals surface area contributed by atoms with Gasteiger partial charge in [0, 0.05) is 38.8 Å². The predicted octanol–water partition coefficient (Wildman–Crippen LogP) is 5.39. The average Bonchev–Trinajstić information content (AvgIpc) is 2.80. The Morgan fingerprint density at radius 1 is 1.06 bits per heavy atom. The van der Waals surface area contributed by atoms with Crippen LogP contribution in [0.2, 0.25) is 5.02 Å². The lowest BCUT2D eigenvalue weighted by molar-refractivity contribution is -0.384. The number of rotatable bonds is 7. The van der Waals surface area contributed by atoms with Crippen LogP contribution in [-0.4, -0.2) is 23.0 Å². The Kier molecular flexibility index (Phi) is 8.06. The predicted molar refractivity (Wildman–Crippen MR) is 128 cm³/mol. The molecule has 0 bridgehead atoms. The van der Waals surface area contributed by atoms with E-state index in [4.69, 9.17) is 16.3 Å². The number of amides is 1. The van der Waals surface area contributed by atoms with Gasteiger partial charge in [-0.3, -0.25) is 14.9 Å². The summed E-state index contributed by atoms with van der Waals surface area (Å²) in [4.78, 5) is 34.9. The van der Waals surface area contributed by atoms with E-state index in [9.17, 15) is 19.7 Å². The quantitative estimate of drug-likeness (QED) is 0.110. The number of esters is 1. The van der Waals surface area contributed by atoms with Crippen molar-refractivity contribution >= 4 is 57.4 Å². The van der Waals surface area contributed by atoms with Gasteiger partial charge >= 0.3 is 5.97 Å². The summed E-state index contributed by atoms with van der Waals surface area (Å²) in [5.74, 6) is -1.14. The monoisotopic (exact) mass is 527 g/mol. The number of hydrogen-bond acceptors (Lipinski definition) is 6. The second kappa shape index (κ2) is 11.2. The zero-order valence-corrected chi connectivity index (χ0v) is 19.1. The average molecular weight is 529 g/mol. The SMILES string of the molecule is O=C(/C=C/c1ccc(Cl)cc1)Oc1ccc([N+](=O)[O-])cc1/C=N/NC(=O)c1ccc(Br)cc1.